The molecule has 1 atom stereocenters. The van der Waals surface area contributed by atoms with Gasteiger partial charge in [-0.1, -0.05) is 0 Å². The van der Waals surface area contributed by atoms with Gasteiger partial charge in [-0.05, 0) is 31.2 Å². The molecule has 0 aliphatic carbocycles. The molecule has 1 aliphatic heterocycles. The fraction of sp³-hybridized carbons (Fsp3) is 0.400. The Kier molecular flexibility index (Phi) is 5.03. The maximum atomic E-state index is 13.3. The third-order valence-corrected chi connectivity index (χ3v) is 4.10. The Morgan fingerprint density at radius 3 is 2.67 bits per heavy atom. The smallest absolute Gasteiger partial charge is 0.243 e. The molecule has 0 bridgehead atoms. The van der Waals surface area contributed by atoms with Crippen LogP contribution in [-0.2, 0) is 10.0 Å². The monoisotopic (exact) mass is 298 g/mol. The lowest BCUT2D eigenvalue weighted by Crippen LogP contribution is -2.36. The molecule has 2 N–H and O–H groups in total. The number of hydrogen-bond acceptors (Lipinski definition) is 3. The van der Waals surface area contributed by atoms with E-state index in [0.717, 1.165) is 12.1 Å². The molecular weight excluding hydrogens is 286 g/mol. The van der Waals surface area contributed by atoms with Gasteiger partial charge in [0.05, 0.1) is 0 Å². The molecule has 102 valence electrons. The Hall–Kier alpha value is -0.760. The molecule has 4 nitrogen and oxygen atoms in total. The Bertz CT molecular complexity index is 519. The van der Waals surface area contributed by atoms with Crippen molar-refractivity contribution in [3.05, 3.63) is 29.8 Å². The van der Waals surface area contributed by atoms with Crippen LogP contribution in [0.1, 0.15) is 6.42 Å². The summed E-state index contributed by atoms with van der Waals surface area (Å²) in [5, 5.41) is 2.98. The van der Waals surface area contributed by atoms with Crippen molar-refractivity contribution in [1.82, 2.24) is 10.0 Å². The van der Waals surface area contributed by atoms with Crippen LogP contribution in [0.5, 0.6) is 0 Å². The molecule has 1 unspecified atom stereocenters. The van der Waals surface area contributed by atoms with E-state index >= 15 is 0 Å². The Balaban J connectivity index is 0.00000162. The third kappa shape index (κ3) is 3.38. The molecule has 1 aromatic rings. The minimum Gasteiger partial charge on any atom is -0.315 e. The molecule has 1 saturated heterocycles. The van der Waals surface area contributed by atoms with Gasteiger partial charge in [-0.25, -0.2) is 21.9 Å². The van der Waals surface area contributed by atoms with Crippen LogP contribution in [0, 0.1) is 11.6 Å². The SMILES string of the molecule is Cl.O=S(=O)(NC1CCNC1)c1cc(F)ccc1F. The van der Waals surface area contributed by atoms with Crippen LogP contribution >= 0.6 is 12.4 Å². The third-order valence-electron chi connectivity index (χ3n) is 2.56. The van der Waals surface area contributed by atoms with Gasteiger partial charge in [-0.3, -0.25) is 0 Å². The fourth-order valence-electron chi connectivity index (χ4n) is 1.72. The van der Waals surface area contributed by atoms with Crippen molar-refractivity contribution in [2.24, 2.45) is 0 Å². The zero-order valence-corrected chi connectivity index (χ0v) is 11.0. The van der Waals surface area contributed by atoms with Gasteiger partial charge in [-0.15, -0.1) is 12.4 Å². The second-order valence-corrected chi connectivity index (χ2v) is 5.57. The highest BCUT2D eigenvalue weighted by Crippen LogP contribution is 2.16. The second kappa shape index (κ2) is 5.92. The summed E-state index contributed by atoms with van der Waals surface area (Å²) < 4.78 is 52.2. The van der Waals surface area contributed by atoms with Crippen LogP contribution in [0.3, 0.4) is 0 Å². The van der Waals surface area contributed by atoms with Gasteiger partial charge in [0.15, 0.2) is 0 Å². The number of hydrogen-bond donors (Lipinski definition) is 2. The second-order valence-electron chi connectivity index (χ2n) is 3.89. The number of rotatable bonds is 3. The highest BCUT2D eigenvalue weighted by molar-refractivity contribution is 7.89. The zero-order valence-electron chi connectivity index (χ0n) is 9.32. The summed E-state index contributed by atoms with van der Waals surface area (Å²) in [6, 6.07) is 2.09. The predicted octanol–water partition coefficient (Wildman–Crippen LogP) is 1.03. The zero-order chi connectivity index (χ0) is 12.5. The fourth-order valence-corrected chi connectivity index (χ4v) is 3.08. The van der Waals surface area contributed by atoms with E-state index in [9.17, 15) is 17.2 Å². The number of nitrogens with one attached hydrogen (secondary N) is 2. The van der Waals surface area contributed by atoms with Gasteiger partial charge in [0.2, 0.25) is 10.0 Å². The van der Waals surface area contributed by atoms with Gasteiger partial charge in [0.25, 0.3) is 0 Å². The molecule has 1 heterocycles. The Morgan fingerprint density at radius 1 is 1.33 bits per heavy atom. The maximum absolute atomic E-state index is 13.3. The molecule has 18 heavy (non-hydrogen) atoms. The van der Waals surface area contributed by atoms with Gasteiger partial charge in [0, 0.05) is 12.6 Å². The van der Waals surface area contributed by atoms with Gasteiger partial charge >= 0.3 is 0 Å². The molecule has 1 fully saturated rings. The van der Waals surface area contributed by atoms with E-state index in [2.05, 4.69) is 10.0 Å². The van der Waals surface area contributed by atoms with Crippen LogP contribution < -0.4 is 10.0 Å². The van der Waals surface area contributed by atoms with E-state index in [-0.39, 0.29) is 18.4 Å². The summed E-state index contributed by atoms with van der Waals surface area (Å²) in [7, 11) is -4.00. The topological polar surface area (TPSA) is 58.2 Å². The Morgan fingerprint density at radius 2 is 2.06 bits per heavy atom. The van der Waals surface area contributed by atoms with E-state index in [0.29, 0.717) is 25.6 Å². The van der Waals surface area contributed by atoms with Crippen LogP contribution in [0.25, 0.3) is 0 Å². The first-order chi connectivity index (χ1) is 7.99. The largest absolute Gasteiger partial charge is 0.315 e. The first-order valence-electron chi connectivity index (χ1n) is 5.17. The number of halogens is 3. The minimum atomic E-state index is -4.00. The molecule has 0 spiro atoms. The number of benzene rings is 1. The summed E-state index contributed by atoms with van der Waals surface area (Å²) in [5.41, 5.74) is 0. The van der Waals surface area contributed by atoms with E-state index < -0.39 is 26.6 Å². The first-order valence-corrected chi connectivity index (χ1v) is 6.65. The summed E-state index contributed by atoms with van der Waals surface area (Å²) in [6.45, 7) is 1.20. The molecule has 2 rings (SSSR count). The lowest BCUT2D eigenvalue weighted by atomic mass is 10.3. The highest BCUT2D eigenvalue weighted by Gasteiger charge is 2.25. The van der Waals surface area contributed by atoms with Crippen molar-refractivity contribution in [2.75, 3.05) is 13.1 Å². The highest BCUT2D eigenvalue weighted by atomic mass is 35.5. The minimum absolute atomic E-state index is 0. The van der Waals surface area contributed by atoms with Gasteiger partial charge < -0.3 is 5.32 Å². The maximum Gasteiger partial charge on any atom is 0.243 e. The molecule has 0 radical (unpaired) electrons. The van der Waals surface area contributed by atoms with Crippen LogP contribution in [-0.4, -0.2) is 27.5 Å². The molecular formula is C10H13ClF2N2O2S. The summed E-state index contributed by atoms with van der Waals surface area (Å²) in [6.07, 6.45) is 0.635. The standard InChI is InChI=1S/C10H12F2N2O2S.ClH/c11-7-1-2-9(12)10(5-7)17(15,16)14-8-3-4-13-6-8;/h1-2,5,8,13-14H,3-4,6H2;1H. The number of sulfonamides is 1. The summed E-state index contributed by atoms with van der Waals surface area (Å²) >= 11 is 0. The van der Waals surface area contributed by atoms with Crippen molar-refractivity contribution in [3.8, 4) is 0 Å². The first kappa shape index (κ1) is 15.3. The molecule has 1 aliphatic rings. The van der Waals surface area contributed by atoms with Crippen molar-refractivity contribution in [1.29, 1.82) is 0 Å². The lowest BCUT2D eigenvalue weighted by Gasteiger charge is -2.12. The van der Waals surface area contributed by atoms with E-state index in [1.165, 1.54) is 0 Å². The van der Waals surface area contributed by atoms with E-state index in [1.807, 2.05) is 0 Å². The summed E-state index contributed by atoms with van der Waals surface area (Å²) in [5.74, 6) is -1.74. The quantitative estimate of drug-likeness (QED) is 0.876. The molecule has 8 heteroatoms. The van der Waals surface area contributed by atoms with Gasteiger partial charge in [-0.2, -0.15) is 0 Å². The Labute approximate surface area is 110 Å². The average Bonchev–Trinajstić information content (AvgIpc) is 2.73. The van der Waals surface area contributed by atoms with E-state index in [1.54, 1.807) is 0 Å². The van der Waals surface area contributed by atoms with Gasteiger partial charge in [0.1, 0.15) is 16.5 Å². The van der Waals surface area contributed by atoms with Crippen molar-refractivity contribution in [2.45, 2.75) is 17.4 Å². The molecule has 1 aromatic carbocycles. The van der Waals surface area contributed by atoms with Crippen LogP contribution in [0.2, 0.25) is 0 Å². The van der Waals surface area contributed by atoms with Crippen LogP contribution in [0.15, 0.2) is 23.1 Å². The van der Waals surface area contributed by atoms with Crippen molar-refractivity contribution < 1.29 is 17.2 Å². The van der Waals surface area contributed by atoms with Crippen molar-refractivity contribution in [3.63, 3.8) is 0 Å². The lowest BCUT2D eigenvalue weighted by molar-refractivity contribution is 0.534. The molecule has 0 amide bonds. The summed E-state index contributed by atoms with van der Waals surface area (Å²) in [4.78, 5) is -0.649. The normalized spacial score (nSPS) is 19.6. The van der Waals surface area contributed by atoms with E-state index in [4.69, 9.17) is 0 Å². The molecule has 0 aromatic heterocycles. The average molecular weight is 299 g/mol. The predicted molar refractivity (Wildman–Crippen MR) is 65.2 cm³/mol. The van der Waals surface area contributed by atoms with Crippen molar-refractivity contribution >= 4 is 22.4 Å². The van der Waals surface area contributed by atoms with Crippen LogP contribution in [0.4, 0.5) is 8.78 Å². The molecule has 0 saturated carbocycles.